The smallest absolute Gasteiger partial charge is 0.308 e. The van der Waals surface area contributed by atoms with E-state index in [4.69, 9.17) is 10.4 Å². The molecular weight excluding hydrogens is 186 g/mol. The third-order valence-corrected chi connectivity index (χ3v) is 2.69. The highest BCUT2D eigenvalue weighted by Crippen LogP contribution is 2.24. The average Bonchev–Trinajstić information content (AvgIpc) is 2.50. The first-order valence-corrected chi connectivity index (χ1v) is 4.70. The molecule has 1 aromatic rings. The van der Waals surface area contributed by atoms with Crippen molar-refractivity contribution in [2.24, 2.45) is 0 Å². The fraction of sp³-hybridized carbons (Fsp3) is 0.333. The Kier molecular flexibility index (Phi) is 3.04. The second-order valence-electron chi connectivity index (χ2n) is 2.72. The van der Waals surface area contributed by atoms with Crippen LogP contribution in [0.25, 0.3) is 0 Å². The molecule has 0 fully saturated rings. The quantitative estimate of drug-likeness (QED) is 0.802. The van der Waals surface area contributed by atoms with Gasteiger partial charge in [0, 0.05) is 4.88 Å². The molecule has 0 aliphatic rings. The summed E-state index contributed by atoms with van der Waals surface area (Å²) < 4.78 is 0. The first kappa shape index (κ1) is 9.75. The van der Waals surface area contributed by atoms with Crippen LogP contribution < -0.4 is 0 Å². The third-order valence-electron chi connectivity index (χ3n) is 1.75. The zero-order valence-electron chi connectivity index (χ0n) is 7.15. The molecule has 0 saturated heterocycles. The lowest BCUT2D eigenvalue weighted by atomic mass is 10.0. The molecule has 0 bridgehead atoms. The Morgan fingerprint density at radius 3 is 3.08 bits per heavy atom. The molecule has 0 aromatic carbocycles. The monoisotopic (exact) mass is 195 g/mol. The number of aliphatic carboxylic acids is 1. The van der Waals surface area contributed by atoms with E-state index in [2.05, 4.69) is 6.07 Å². The molecule has 0 saturated carbocycles. The summed E-state index contributed by atoms with van der Waals surface area (Å²) in [5, 5.41) is 19.1. The molecule has 0 aliphatic carbocycles. The van der Waals surface area contributed by atoms with Crippen molar-refractivity contribution in [3.8, 4) is 6.07 Å². The Balaban J connectivity index is 2.90. The molecule has 1 N–H and O–H groups in total. The van der Waals surface area contributed by atoms with E-state index in [1.165, 1.54) is 11.3 Å². The number of rotatable bonds is 3. The maximum absolute atomic E-state index is 10.5. The second-order valence-corrected chi connectivity index (χ2v) is 3.72. The van der Waals surface area contributed by atoms with Gasteiger partial charge in [0.2, 0.25) is 0 Å². The summed E-state index contributed by atoms with van der Waals surface area (Å²) in [5.41, 5.74) is 0.843. The van der Waals surface area contributed by atoms with E-state index in [9.17, 15) is 4.79 Å². The minimum absolute atomic E-state index is 0.0129. The Morgan fingerprint density at radius 2 is 2.54 bits per heavy atom. The number of hydrogen-bond acceptors (Lipinski definition) is 3. The number of nitriles is 1. The van der Waals surface area contributed by atoms with Crippen LogP contribution in [0.15, 0.2) is 11.4 Å². The minimum atomic E-state index is -0.853. The summed E-state index contributed by atoms with van der Waals surface area (Å²) in [6, 6.07) is 3.91. The van der Waals surface area contributed by atoms with Gasteiger partial charge >= 0.3 is 5.97 Å². The fourth-order valence-electron chi connectivity index (χ4n) is 1.09. The van der Waals surface area contributed by atoms with Crippen molar-refractivity contribution in [2.75, 3.05) is 0 Å². The molecule has 1 rings (SSSR count). The maximum Gasteiger partial charge on any atom is 0.308 e. The normalized spacial score (nSPS) is 12.0. The molecule has 1 unspecified atom stereocenters. The van der Waals surface area contributed by atoms with Gasteiger partial charge in [0.05, 0.1) is 18.4 Å². The Hall–Kier alpha value is -1.34. The molecule has 3 nitrogen and oxygen atoms in total. The van der Waals surface area contributed by atoms with Crippen molar-refractivity contribution in [3.05, 3.63) is 21.9 Å². The zero-order valence-corrected chi connectivity index (χ0v) is 7.97. The van der Waals surface area contributed by atoms with Gasteiger partial charge in [-0.25, -0.2) is 0 Å². The van der Waals surface area contributed by atoms with E-state index >= 15 is 0 Å². The first-order valence-electron chi connectivity index (χ1n) is 3.82. The number of carbonyl (C=O) groups is 1. The van der Waals surface area contributed by atoms with Crippen molar-refractivity contribution in [3.63, 3.8) is 0 Å². The van der Waals surface area contributed by atoms with Gasteiger partial charge in [0.15, 0.2) is 0 Å². The van der Waals surface area contributed by atoms with Crippen LogP contribution in [0.1, 0.15) is 23.3 Å². The van der Waals surface area contributed by atoms with Crippen LogP contribution in [0.3, 0.4) is 0 Å². The Labute approximate surface area is 80.2 Å². The van der Waals surface area contributed by atoms with Crippen LogP contribution in [-0.2, 0) is 11.2 Å². The molecule has 0 aliphatic heterocycles. The molecule has 4 heteroatoms. The fourth-order valence-corrected chi connectivity index (χ4v) is 2.05. The number of hydrogen-bond donors (Lipinski definition) is 1. The summed E-state index contributed by atoms with van der Waals surface area (Å²) in [7, 11) is 0. The molecule has 0 spiro atoms. The molecule has 1 atom stereocenters. The van der Waals surface area contributed by atoms with Gasteiger partial charge in [-0.15, -0.1) is 11.3 Å². The van der Waals surface area contributed by atoms with Gasteiger partial charge in [-0.1, -0.05) is 0 Å². The predicted octanol–water partition coefficient (Wildman–Crippen LogP) is 2.00. The van der Waals surface area contributed by atoms with E-state index in [-0.39, 0.29) is 12.3 Å². The molecule has 0 radical (unpaired) electrons. The summed E-state index contributed by atoms with van der Waals surface area (Å²) in [4.78, 5) is 11.2. The van der Waals surface area contributed by atoms with Crippen molar-refractivity contribution in [1.29, 1.82) is 5.26 Å². The van der Waals surface area contributed by atoms with Gasteiger partial charge in [0.25, 0.3) is 0 Å². The van der Waals surface area contributed by atoms with Crippen molar-refractivity contribution in [1.82, 2.24) is 0 Å². The van der Waals surface area contributed by atoms with E-state index in [1.54, 1.807) is 6.92 Å². The van der Waals surface area contributed by atoms with Crippen LogP contribution in [-0.4, -0.2) is 11.1 Å². The van der Waals surface area contributed by atoms with Gasteiger partial charge in [-0.05, 0) is 23.9 Å². The standard InChI is InChI=1S/C9H9NO2S/c1-6(5-10)7-2-3-13-8(7)4-9(11)12/h2-3,6H,4H2,1H3,(H,11,12). The average molecular weight is 195 g/mol. The third kappa shape index (κ3) is 2.30. The summed E-state index contributed by atoms with van der Waals surface area (Å²) >= 11 is 1.39. The highest BCUT2D eigenvalue weighted by atomic mass is 32.1. The number of thiophene rings is 1. The number of nitrogens with zero attached hydrogens (tertiary/aromatic N) is 1. The molecule has 0 amide bonds. The lowest BCUT2D eigenvalue weighted by Crippen LogP contribution is -2.01. The van der Waals surface area contributed by atoms with Crippen LogP contribution in [0, 0.1) is 11.3 Å². The molecule has 68 valence electrons. The van der Waals surface area contributed by atoms with Crippen LogP contribution in [0.4, 0.5) is 0 Å². The van der Waals surface area contributed by atoms with Crippen LogP contribution >= 0.6 is 11.3 Å². The summed E-state index contributed by atoms with van der Waals surface area (Å²) in [6.45, 7) is 1.77. The first-order chi connectivity index (χ1) is 6.15. The molecular formula is C9H9NO2S. The van der Waals surface area contributed by atoms with Crippen molar-refractivity contribution >= 4 is 17.3 Å². The number of carboxylic acid groups (broad SMARTS) is 1. The summed E-state index contributed by atoms with van der Waals surface area (Å²) in [6.07, 6.45) is 0.0129. The highest BCUT2D eigenvalue weighted by molar-refractivity contribution is 7.10. The van der Waals surface area contributed by atoms with Crippen LogP contribution in [0.5, 0.6) is 0 Å². The minimum Gasteiger partial charge on any atom is -0.481 e. The highest BCUT2D eigenvalue weighted by Gasteiger charge is 2.13. The van der Waals surface area contributed by atoms with Crippen LogP contribution in [0.2, 0.25) is 0 Å². The van der Waals surface area contributed by atoms with Gasteiger partial charge < -0.3 is 5.11 Å². The predicted molar refractivity (Wildman–Crippen MR) is 49.7 cm³/mol. The van der Waals surface area contributed by atoms with E-state index < -0.39 is 5.97 Å². The maximum atomic E-state index is 10.5. The largest absolute Gasteiger partial charge is 0.481 e. The Bertz CT molecular complexity index is 351. The van der Waals surface area contributed by atoms with Crippen molar-refractivity contribution in [2.45, 2.75) is 19.3 Å². The number of carboxylic acids is 1. The Morgan fingerprint density at radius 1 is 1.85 bits per heavy atom. The topological polar surface area (TPSA) is 61.1 Å². The van der Waals surface area contributed by atoms with Gasteiger partial charge in [0.1, 0.15) is 0 Å². The van der Waals surface area contributed by atoms with E-state index in [1.807, 2.05) is 11.4 Å². The zero-order chi connectivity index (χ0) is 9.84. The SMILES string of the molecule is CC(C#N)c1ccsc1CC(=O)O. The lowest BCUT2D eigenvalue weighted by molar-refractivity contribution is -0.136. The molecule has 1 aromatic heterocycles. The van der Waals surface area contributed by atoms with Gasteiger partial charge in [-0.3, -0.25) is 4.79 Å². The molecule has 13 heavy (non-hydrogen) atoms. The van der Waals surface area contributed by atoms with Crippen molar-refractivity contribution < 1.29 is 9.90 Å². The van der Waals surface area contributed by atoms with Gasteiger partial charge in [-0.2, -0.15) is 5.26 Å². The second kappa shape index (κ2) is 4.06. The van der Waals surface area contributed by atoms with E-state index in [0.717, 1.165) is 10.4 Å². The summed E-state index contributed by atoms with van der Waals surface area (Å²) in [5.74, 6) is -1.07. The lowest BCUT2D eigenvalue weighted by Gasteiger charge is -2.01. The van der Waals surface area contributed by atoms with E-state index in [0.29, 0.717) is 0 Å². The molecule has 1 heterocycles.